The van der Waals surface area contributed by atoms with Crippen LogP contribution in [0.2, 0.25) is 10.0 Å². The molecule has 0 aliphatic rings. The van der Waals surface area contributed by atoms with Crippen molar-refractivity contribution in [2.24, 2.45) is 0 Å². The molecule has 37 heavy (non-hydrogen) atoms. The highest BCUT2D eigenvalue weighted by Gasteiger charge is 2.24. The van der Waals surface area contributed by atoms with Gasteiger partial charge in [0.1, 0.15) is 18.0 Å². The molecule has 0 aliphatic heterocycles. The van der Waals surface area contributed by atoms with E-state index in [-0.39, 0.29) is 12.0 Å². The van der Waals surface area contributed by atoms with Gasteiger partial charge in [0.25, 0.3) is 5.91 Å². The fourth-order valence-electron chi connectivity index (χ4n) is 3.25. The lowest BCUT2D eigenvalue weighted by Gasteiger charge is -2.19. The van der Waals surface area contributed by atoms with Crippen LogP contribution >= 0.6 is 23.2 Å². The van der Waals surface area contributed by atoms with Gasteiger partial charge in [0.15, 0.2) is 5.78 Å². The third-order valence-corrected chi connectivity index (χ3v) is 5.49. The first-order valence-electron chi connectivity index (χ1n) is 11.5. The van der Waals surface area contributed by atoms with Gasteiger partial charge in [0, 0.05) is 11.4 Å². The van der Waals surface area contributed by atoms with Crippen molar-refractivity contribution in [3.05, 3.63) is 105 Å². The second-order valence-corrected chi connectivity index (χ2v) is 10.0. The first kappa shape index (κ1) is 28.0. The number of ketones is 1. The molecule has 0 aliphatic carbocycles. The molecule has 1 N–H and O–H groups in total. The van der Waals surface area contributed by atoms with Crippen LogP contribution in [0.25, 0.3) is 6.08 Å². The molecule has 3 aromatic carbocycles. The molecule has 0 radical (unpaired) electrons. The number of hydrogen-bond acceptors (Lipinski definition) is 5. The molecule has 0 heterocycles. The van der Waals surface area contributed by atoms with Gasteiger partial charge in [-0.1, -0.05) is 71.7 Å². The molecule has 0 saturated carbocycles. The lowest BCUT2D eigenvalue weighted by atomic mass is 10.00. The molecule has 3 aromatic rings. The first-order valence-corrected chi connectivity index (χ1v) is 12.3. The van der Waals surface area contributed by atoms with Crippen molar-refractivity contribution in [2.45, 2.75) is 39.4 Å². The number of benzene rings is 3. The second-order valence-electron chi connectivity index (χ2n) is 9.20. The molecule has 8 heteroatoms. The highest BCUT2D eigenvalue weighted by Crippen LogP contribution is 2.27. The van der Waals surface area contributed by atoms with E-state index in [0.29, 0.717) is 33.5 Å². The standard InChI is InChI=1S/C29H27Cl2NO5/c1-29(2,3)37-28(35)32-27(34)23(25(33)17-19-9-12-22(30)13-10-19)15-21-11-14-26(24(31)16-21)36-18-20-7-5-4-6-8-20/h4-16H,17-18H2,1-3H3,(H,32,34,35). The number of halogens is 2. The maximum atomic E-state index is 13.1. The number of nitrogens with one attached hydrogen (secondary N) is 1. The summed E-state index contributed by atoms with van der Waals surface area (Å²) in [5.74, 6) is -0.924. The Morgan fingerprint density at radius 2 is 1.57 bits per heavy atom. The summed E-state index contributed by atoms with van der Waals surface area (Å²) in [5.41, 5.74) is 1.08. The Balaban J connectivity index is 1.83. The van der Waals surface area contributed by atoms with Crippen molar-refractivity contribution in [2.75, 3.05) is 0 Å². The molecule has 192 valence electrons. The lowest BCUT2D eigenvalue weighted by molar-refractivity contribution is -0.121. The Bertz CT molecular complexity index is 1300. The third kappa shape index (κ3) is 9.08. The number of hydrogen-bond donors (Lipinski definition) is 1. The zero-order valence-corrected chi connectivity index (χ0v) is 22.2. The number of amides is 2. The summed E-state index contributed by atoms with van der Waals surface area (Å²) in [6, 6.07) is 21.2. The molecular formula is C29H27Cl2NO5. The van der Waals surface area contributed by atoms with Crippen LogP contribution in [0.1, 0.15) is 37.5 Å². The van der Waals surface area contributed by atoms with Crippen molar-refractivity contribution in [1.29, 1.82) is 0 Å². The van der Waals surface area contributed by atoms with Crippen LogP contribution < -0.4 is 10.1 Å². The van der Waals surface area contributed by atoms with E-state index in [9.17, 15) is 14.4 Å². The van der Waals surface area contributed by atoms with Crippen molar-refractivity contribution in [3.8, 4) is 5.75 Å². The minimum atomic E-state index is -0.953. The van der Waals surface area contributed by atoms with Gasteiger partial charge < -0.3 is 9.47 Å². The summed E-state index contributed by atoms with van der Waals surface area (Å²) in [7, 11) is 0. The summed E-state index contributed by atoms with van der Waals surface area (Å²) in [4.78, 5) is 38.3. The molecule has 0 saturated heterocycles. The molecule has 2 amide bonds. The fourth-order valence-corrected chi connectivity index (χ4v) is 3.61. The van der Waals surface area contributed by atoms with Crippen LogP contribution in [-0.4, -0.2) is 23.4 Å². The van der Waals surface area contributed by atoms with Crippen LogP contribution in [0, 0.1) is 0 Å². The summed E-state index contributed by atoms with van der Waals surface area (Å²) >= 11 is 12.3. The summed E-state index contributed by atoms with van der Waals surface area (Å²) in [5, 5.41) is 2.96. The molecule has 0 atom stereocenters. The Labute approximate surface area is 226 Å². The summed E-state index contributed by atoms with van der Waals surface area (Å²) < 4.78 is 11.0. The molecular weight excluding hydrogens is 513 g/mol. The van der Waals surface area contributed by atoms with Gasteiger partial charge in [-0.3, -0.25) is 14.9 Å². The highest BCUT2D eigenvalue weighted by atomic mass is 35.5. The van der Waals surface area contributed by atoms with Crippen LogP contribution in [0.3, 0.4) is 0 Å². The topological polar surface area (TPSA) is 81.7 Å². The maximum absolute atomic E-state index is 13.1. The predicted molar refractivity (Wildman–Crippen MR) is 145 cm³/mol. The average molecular weight is 540 g/mol. The van der Waals surface area contributed by atoms with Gasteiger partial charge in [0.05, 0.1) is 10.6 Å². The van der Waals surface area contributed by atoms with Crippen LogP contribution in [0.5, 0.6) is 5.75 Å². The average Bonchev–Trinajstić information content (AvgIpc) is 2.82. The normalized spacial score (nSPS) is 11.5. The van der Waals surface area contributed by atoms with E-state index in [1.54, 1.807) is 63.2 Å². The molecule has 6 nitrogen and oxygen atoms in total. The van der Waals surface area contributed by atoms with Crippen molar-refractivity contribution < 1.29 is 23.9 Å². The summed E-state index contributed by atoms with van der Waals surface area (Å²) in [6.07, 6.45) is 0.354. The van der Waals surface area contributed by atoms with Crippen LogP contribution in [0.15, 0.2) is 78.4 Å². The van der Waals surface area contributed by atoms with Crippen molar-refractivity contribution >= 4 is 47.1 Å². The monoisotopic (exact) mass is 539 g/mol. The van der Waals surface area contributed by atoms with E-state index in [1.165, 1.54) is 6.08 Å². The molecule has 0 bridgehead atoms. The minimum Gasteiger partial charge on any atom is -0.487 e. The number of carbonyl (C=O) groups is 3. The predicted octanol–water partition coefficient (Wildman–Crippen LogP) is 6.82. The molecule has 0 unspecified atom stereocenters. The van der Waals surface area contributed by atoms with Gasteiger partial charge in [-0.2, -0.15) is 0 Å². The van der Waals surface area contributed by atoms with E-state index in [2.05, 4.69) is 5.32 Å². The molecule has 0 aromatic heterocycles. The minimum absolute atomic E-state index is 0.0727. The number of ether oxygens (including phenoxy) is 2. The van der Waals surface area contributed by atoms with E-state index in [4.69, 9.17) is 32.7 Å². The zero-order valence-electron chi connectivity index (χ0n) is 20.7. The van der Waals surface area contributed by atoms with E-state index < -0.39 is 23.4 Å². The van der Waals surface area contributed by atoms with E-state index in [0.717, 1.165) is 5.56 Å². The Hall–Kier alpha value is -3.61. The highest BCUT2D eigenvalue weighted by molar-refractivity contribution is 6.32. The SMILES string of the molecule is CC(C)(C)OC(=O)NC(=O)C(=Cc1ccc(OCc2ccccc2)c(Cl)c1)C(=O)Cc1ccc(Cl)cc1. The fraction of sp³-hybridized carbons (Fsp3) is 0.207. The van der Waals surface area contributed by atoms with Crippen molar-refractivity contribution in [1.82, 2.24) is 5.32 Å². The number of Topliss-reactive ketones (excluding diaryl/α,β-unsaturated/α-hetero) is 1. The van der Waals surface area contributed by atoms with Gasteiger partial charge in [-0.05, 0) is 67.8 Å². The molecule has 0 spiro atoms. The first-order chi connectivity index (χ1) is 17.5. The van der Waals surface area contributed by atoms with Gasteiger partial charge >= 0.3 is 6.09 Å². The number of alkyl carbamates (subject to hydrolysis) is 1. The molecule has 3 rings (SSSR count). The number of imide groups is 1. The lowest BCUT2D eigenvalue weighted by Crippen LogP contribution is -2.38. The Kier molecular flexibility index (Phi) is 9.50. The number of carbonyl (C=O) groups excluding carboxylic acids is 3. The van der Waals surface area contributed by atoms with E-state index in [1.807, 2.05) is 30.3 Å². The maximum Gasteiger partial charge on any atom is 0.414 e. The molecule has 0 fully saturated rings. The zero-order chi connectivity index (χ0) is 27.0. The largest absolute Gasteiger partial charge is 0.487 e. The smallest absolute Gasteiger partial charge is 0.414 e. The number of rotatable bonds is 8. The van der Waals surface area contributed by atoms with Crippen molar-refractivity contribution in [3.63, 3.8) is 0 Å². The van der Waals surface area contributed by atoms with Crippen LogP contribution in [-0.2, 0) is 27.4 Å². The van der Waals surface area contributed by atoms with E-state index >= 15 is 0 Å². The third-order valence-electron chi connectivity index (χ3n) is 4.94. The Morgan fingerprint density at radius 3 is 2.19 bits per heavy atom. The van der Waals surface area contributed by atoms with Gasteiger partial charge in [-0.15, -0.1) is 0 Å². The quantitative estimate of drug-likeness (QED) is 0.193. The Morgan fingerprint density at radius 1 is 0.892 bits per heavy atom. The summed E-state index contributed by atoms with van der Waals surface area (Å²) in [6.45, 7) is 5.34. The second kappa shape index (κ2) is 12.6. The van der Waals surface area contributed by atoms with Crippen LogP contribution in [0.4, 0.5) is 4.79 Å². The van der Waals surface area contributed by atoms with Gasteiger partial charge in [0.2, 0.25) is 0 Å². The van der Waals surface area contributed by atoms with Gasteiger partial charge in [-0.25, -0.2) is 4.79 Å².